The minimum Gasteiger partial charge on any atom is -0.310 e. The molecule has 0 saturated heterocycles. The third-order valence-electron chi connectivity index (χ3n) is 4.21. The SMILES string of the molecule is CC(C)c1cc(=O)[nH]c(-n2nc(-c3cccs3)cc2NC(=O)Cc2cccs2)n1. The van der Waals surface area contributed by atoms with Gasteiger partial charge in [0, 0.05) is 17.0 Å². The van der Waals surface area contributed by atoms with Crippen molar-refractivity contribution in [3.63, 3.8) is 0 Å². The molecule has 4 aromatic heterocycles. The highest BCUT2D eigenvalue weighted by Gasteiger charge is 2.17. The zero-order chi connectivity index (χ0) is 20.4. The van der Waals surface area contributed by atoms with Crippen LogP contribution in [0.2, 0.25) is 0 Å². The third-order valence-corrected chi connectivity index (χ3v) is 5.98. The van der Waals surface area contributed by atoms with E-state index in [9.17, 15) is 9.59 Å². The highest BCUT2D eigenvalue weighted by molar-refractivity contribution is 7.13. The number of carbonyl (C=O) groups excluding carboxylic acids is 1. The predicted molar refractivity (Wildman–Crippen MR) is 116 cm³/mol. The Morgan fingerprint density at radius 3 is 2.69 bits per heavy atom. The molecule has 4 heterocycles. The van der Waals surface area contributed by atoms with Gasteiger partial charge >= 0.3 is 0 Å². The molecule has 0 aliphatic heterocycles. The van der Waals surface area contributed by atoms with Crippen molar-refractivity contribution in [2.45, 2.75) is 26.2 Å². The maximum Gasteiger partial charge on any atom is 0.252 e. The number of aromatic amines is 1. The van der Waals surface area contributed by atoms with Crippen molar-refractivity contribution < 1.29 is 4.79 Å². The Kier molecular flexibility index (Phi) is 5.41. The molecule has 0 fully saturated rings. The van der Waals surface area contributed by atoms with Crippen LogP contribution in [0, 0.1) is 0 Å². The summed E-state index contributed by atoms with van der Waals surface area (Å²) in [5.41, 5.74) is 1.10. The zero-order valence-corrected chi connectivity index (χ0v) is 17.5. The second kappa shape index (κ2) is 8.14. The van der Waals surface area contributed by atoms with Gasteiger partial charge in [-0.1, -0.05) is 26.0 Å². The van der Waals surface area contributed by atoms with E-state index in [1.165, 1.54) is 22.1 Å². The molecule has 0 spiro atoms. The molecule has 0 aliphatic carbocycles. The molecule has 7 nitrogen and oxygen atoms in total. The average molecular weight is 426 g/mol. The van der Waals surface area contributed by atoms with E-state index in [0.717, 1.165) is 9.75 Å². The van der Waals surface area contributed by atoms with Gasteiger partial charge < -0.3 is 5.32 Å². The topological polar surface area (TPSA) is 92.7 Å². The molecule has 0 unspecified atom stereocenters. The van der Waals surface area contributed by atoms with Crippen LogP contribution in [0.25, 0.3) is 16.5 Å². The number of anilines is 1. The van der Waals surface area contributed by atoms with Crippen molar-refractivity contribution in [1.29, 1.82) is 0 Å². The molecule has 2 N–H and O–H groups in total. The van der Waals surface area contributed by atoms with Crippen LogP contribution in [-0.2, 0) is 11.2 Å². The normalized spacial score (nSPS) is 11.1. The van der Waals surface area contributed by atoms with E-state index >= 15 is 0 Å². The quantitative estimate of drug-likeness (QED) is 0.487. The highest BCUT2D eigenvalue weighted by Crippen LogP contribution is 2.27. The van der Waals surface area contributed by atoms with Gasteiger partial charge in [-0.25, -0.2) is 4.98 Å². The van der Waals surface area contributed by atoms with E-state index in [0.29, 0.717) is 17.2 Å². The first-order valence-corrected chi connectivity index (χ1v) is 10.8. The van der Waals surface area contributed by atoms with Crippen LogP contribution >= 0.6 is 22.7 Å². The fraction of sp³-hybridized carbons (Fsp3) is 0.200. The first-order valence-electron chi connectivity index (χ1n) is 9.07. The second-order valence-electron chi connectivity index (χ2n) is 6.76. The number of hydrogen-bond donors (Lipinski definition) is 2. The van der Waals surface area contributed by atoms with Gasteiger partial charge in [0.1, 0.15) is 11.5 Å². The highest BCUT2D eigenvalue weighted by atomic mass is 32.1. The van der Waals surface area contributed by atoms with E-state index < -0.39 is 0 Å². The third kappa shape index (κ3) is 4.36. The molecule has 0 aromatic carbocycles. The number of hydrogen-bond acceptors (Lipinski definition) is 6. The van der Waals surface area contributed by atoms with Crippen LogP contribution < -0.4 is 10.9 Å². The smallest absolute Gasteiger partial charge is 0.252 e. The minimum atomic E-state index is -0.261. The molecule has 0 bridgehead atoms. The number of aromatic nitrogens is 4. The van der Waals surface area contributed by atoms with Crippen LogP contribution in [-0.4, -0.2) is 25.7 Å². The van der Waals surface area contributed by atoms with E-state index in [1.807, 2.05) is 48.9 Å². The summed E-state index contributed by atoms with van der Waals surface area (Å²) in [5, 5.41) is 11.4. The number of carbonyl (C=O) groups is 1. The summed E-state index contributed by atoms with van der Waals surface area (Å²) in [7, 11) is 0. The number of nitrogens with one attached hydrogen (secondary N) is 2. The van der Waals surface area contributed by atoms with Crippen molar-refractivity contribution in [2.75, 3.05) is 5.32 Å². The summed E-state index contributed by atoms with van der Waals surface area (Å²) >= 11 is 3.08. The van der Waals surface area contributed by atoms with Gasteiger partial charge in [0.2, 0.25) is 11.9 Å². The summed E-state index contributed by atoms with van der Waals surface area (Å²) < 4.78 is 1.48. The molecular weight excluding hydrogens is 406 g/mol. The van der Waals surface area contributed by atoms with Crippen LogP contribution in [0.4, 0.5) is 5.82 Å². The van der Waals surface area contributed by atoms with E-state index in [4.69, 9.17) is 0 Å². The number of H-pyrrole nitrogens is 1. The molecule has 148 valence electrons. The molecule has 0 radical (unpaired) electrons. The zero-order valence-electron chi connectivity index (χ0n) is 15.9. The maximum absolute atomic E-state index is 12.6. The van der Waals surface area contributed by atoms with E-state index in [2.05, 4.69) is 20.4 Å². The van der Waals surface area contributed by atoms with Crippen molar-refractivity contribution in [3.8, 4) is 16.5 Å². The fourth-order valence-corrected chi connectivity index (χ4v) is 4.18. The van der Waals surface area contributed by atoms with Crippen molar-refractivity contribution in [2.24, 2.45) is 0 Å². The van der Waals surface area contributed by atoms with Gasteiger partial charge in [-0.15, -0.1) is 22.7 Å². The Labute approximate surface area is 175 Å². The largest absolute Gasteiger partial charge is 0.310 e. The first-order chi connectivity index (χ1) is 14.0. The van der Waals surface area contributed by atoms with Crippen LogP contribution in [0.15, 0.2) is 52.0 Å². The van der Waals surface area contributed by atoms with Gasteiger partial charge in [-0.05, 0) is 28.8 Å². The molecule has 4 rings (SSSR count). The van der Waals surface area contributed by atoms with Gasteiger partial charge in [-0.2, -0.15) is 9.78 Å². The summed E-state index contributed by atoms with van der Waals surface area (Å²) in [5.74, 6) is 0.656. The van der Waals surface area contributed by atoms with Crippen LogP contribution in [0.5, 0.6) is 0 Å². The molecule has 9 heteroatoms. The molecule has 0 atom stereocenters. The lowest BCUT2D eigenvalue weighted by Crippen LogP contribution is -2.20. The molecule has 1 amide bonds. The molecular formula is C20H19N5O2S2. The Bertz CT molecular complexity index is 1170. The number of amides is 1. The molecule has 0 saturated carbocycles. The summed E-state index contributed by atoms with van der Waals surface area (Å²) in [6, 6.07) is 11.0. The van der Waals surface area contributed by atoms with E-state index in [1.54, 1.807) is 17.4 Å². The lowest BCUT2D eigenvalue weighted by Gasteiger charge is -2.10. The monoisotopic (exact) mass is 425 g/mol. The van der Waals surface area contributed by atoms with Crippen molar-refractivity contribution in [3.05, 3.63) is 68.1 Å². The maximum atomic E-state index is 12.6. The standard InChI is InChI=1S/C20H19N5O2S2/c1-12(2)14-11-19(27)23-20(21-14)25-17(10-15(24-25)16-6-4-8-29-16)22-18(26)9-13-5-3-7-28-13/h3-8,10-12H,9H2,1-2H3,(H,22,26)(H,21,23,27). The van der Waals surface area contributed by atoms with Crippen molar-refractivity contribution in [1.82, 2.24) is 19.7 Å². The van der Waals surface area contributed by atoms with Gasteiger partial charge in [0.15, 0.2) is 0 Å². The van der Waals surface area contributed by atoms with Crippen LogP contribution in [0.1, 0.15) is 30.3 Å². The molecule has 29 heavy (non-hydrogen) atoms. The van der Waals surface area contributed by atoms with Crippen molar-refractivity contribution >= 4 is 34.4 Å². The first kappa shape index (κ1) is 19.3. The van der Waals surface area contributed by atoms with E-state index in [-0.39, 0.29) is 29.8 Å². The summed E-state index contributed by atoms with van der Waals surface area (Å²) in [6.07, 6.45) is 0.271. The van der Waals surface area contributed by atoms with Gasteiger partial charge in [0.25, 0.3) is 5.56 Å². The summed E-state index contributed by atoms with van der Waals surface area (Å²) in [4.78, 5) is 33.9. The lowest BCUT2D eigenvalue weighted by molar-refractivity contribution is -0.115. The van der Waals surface area contributed by atoms with Crippen LogP contribution in [0.3, 0.4) is 0 Å². The molecule has 0 aliphatic rings. The van der Waals surface area contributed by atoms with Gasteiger partial charge in [-0.3, -0.25) is 14.6 Å². The second-order valence-corrected chi connectivity index (χ2v) is 8.74. The Hall–Kier alpha value is -3.04. The fourth-order valence-electron chi connectivity index (χ4n) is 2.79. The molecule has 4 aromatic rings. The Morgan fingerprint density at radius 2 is 2.00 bits per heavy atom. The number of rotatable bonds is 6. The Morgan fingerprint density at radius 1 is 1.21 bits per heavy atom. The summed E-state index contributed by atoms with van der Waals surface area (Å²) in [6.45, 7) is 3.94. The predicted octanol–water partition coefficient (Wildman–Crippen LogP) is 4.05. The Balaban J connectivity index is 1.74. The minimum absolute atomic E-state index is 0.0836. The number of nitrogens with zero attached hydrogens (tertiary/aromatic N) is 3. The number of thiophene rings is 2. The lowest BCUT2D eigenvalue weighted by atomic mass is 10.1. The van der Waals surface area contributed by atoms with Gasteiger partial charge in [0.05, 0.1) is 17.0 Å². The average Bonchev–Trinajstić information content (AvgIpc) is 3.42.